The molecule has 0 radical (unpaired) electrons. The third kappa shape index (κ3) is 3.35. The molecule has 0 spiro atoms. The maximum atomic E-state index is 12.5. The average molecular weight is 239 g/mol. The van der Waals surface area contributed by atoms with Crippen molar-refractivity contribution in [3.05, 3.63) is 0 Å². The summed E-state index contributed by atoms with van der Waals surface area (Å²) < 4.78 is 37.5. The Morgan fingerprint density at radius 1 is 1.31 bits per heavy atom. The fourth-order valence-corrected chi connectivity index (χ4v) is 2.29. The fraction of sp³-hybridized carbons (Fsp3) is 1.00. The molecule has 0 unspecified atom stereocenters. The van der Waals surface area contributed by atoms with Crippen molar-refractivity contribution in [3.63, 3.8) is 0 Å². The smallest absolute Gasteiger partial charge is 0.380 e. The van der Waals surface area contributed by atoms with E-state index in [0.29, 0.717) is 18.8 Å². The van der Waals surface area contributed by atoms with E-state index in [1.807, 2.05) is 7.05 Å². The quantitative estimate of drug-likeness (QED) is 0.739. The molecule has 1 aliphatic carbocycles. The second kappa shape index (κ2) is 5.36. The van der Waals surface area contributed by atoms with E-state index < -0.39 is 11.8 Å². The molecule has 0 atom stereocenters. The lowest BCUT2D eigenvalue weighted by Gasteiger charge is -2.37. The van der Waals surface area contributed by atoms with Crippen LogP contribution >= 0.6 is 0 Å². The zero-order chi connectivity index (χ0) is 12.2. The molecule has 96 valence electrons. The third-order valence-corrected chi connectivity index (χ3v) is 3.50. The maximum Gasteiger partial charge on any atom is 0.417 e. The zero-order valence-corrected chi connectivity index (χ0v) is 9.61. The number of halogens is 3. The summed E-state index contributed by atoms with van der Waals surface area (Å²) in [5, 5.41) is 12.5. The van der Waals surface area contributed by atoms with Crippen LogP contribution < -0.4 is 5.32 Å². The first-order valence-electron chi connectivity index (χ1n) is 5.83. The summed E-state index contributed by atoms with van der Waals surface area (Å²) in [5.74, 6) is 0.343. The van der Waals surface area contributed by atoms with E-state index in [0.717, 1.165) is 19.4 Å². The van der Waals surface area contributed by atoms with Gasteiger partial charge < -0.3 is 10.4 Å². The van der Waals surface area contributed by atoms with Crippen LogP contribution in [0.5, 0.6) is 0 Å². The second-order valence-electron chi connectivity index (χ2n) is 4.72. The maximum absolute atomic E-state index is 12.5. The van der Waals surface area contributed by atoms with E-state index >= 15 is 0 Å². The molecule has 5 heteroatoms. The van der Waals surface area contributed by atoms with E-state index in [4.69, 9.17) is 0 Å². The van der Waals surface area contributed by atoms with Crippen LogP contribution in [-0.4, -0.2) is 30.5 Å². The van der Waals surface area contributed by atoms with E-state index in [2.05, 4.69) is 5.32 Å². The second-order valence-corrected chi connectivity index (χ2v) is 4.72. The van der Waals surface area contributed by atoms with Crippen molar-refractivity contribution >= 4 is 0 Å². The molecule has 0 aromatic heterocycles. The van der Waals surface area contributed by atoms with Gasteiger partial charge in [-0.05, 0) is 58.0 Å². The number of hydrogen-bond acceptors (Lipinski definition) is 2. The molecule has 2 nitrogen and oxygen atoms in total. The van der Waals surface area contributed by atoms with E-state index in [1.54, 1.807) is 0 Å². The monoisotopic (exact) mass is 239 g/mol. The third-order valence-electron chi connectivity index (χ3n) is 3.50. The Morgan fingerprint density at radius 2 is 1.88 bits per heavy atom. The Kier molecular flexibility index (Phi) is 4.62. The number of alkyl halides is 3. The summed E-state index contributed by atoms with van der Waals surface area (Å²) in [4.78, 5) is 0. The van der Waals surface area contributed by atoms with Crippen LogP contribution in [0.3, 0.4) is 0 Å². The molecule has 1 rings (SSSR count). The van der Waals surface area contributed by atoms with Gasteiger partial charge in [0.05, 0.1) is 0 Å². The van der Waals surface area contributed by atoms with Gasteiger partial charge in [0, 0.05) is 0 Å². The Morgan fingerprint density at radius 3 is 2.31 bits per heavy atom. The molecule has 2 N–H and O–H groups in total. The van der Waals surface area contributed by atoms with Crippen LogP contribution in [0, 0.1) is 5.92 Å². The summed E-state index contributed by atoms with van der Waals surface area (Å²) in [6.07, 6.45) is -1.83. The summed E-state index contributed by atoms with van der Waals surface area (Å²) in [6.45, 7) is 0.903. The first-order chi connectivity index (χ1) is 7.39. The standard InChI is InChI=1S/C11H20F3NO/c1-15-8-2-3-9-4-6-10(16,7-5-9)11(12,13)14/h9,15-16H,2-8H2,1H3. The van der Waals surface area contributed by atoms with Crippen molar-refractivity contribution in [3.8, 4) is 0 Å². The fourth-order valence-electron chi connectivity index (χ4n) is 2.29. The van der Waals surface area contributed by atoms with Gasteiger partial charge >= 0.3 is 6.18 Å². The van der Waals surface area contributed by atoms with Gasteiger partial charge in [0.2, 0.25) is 0 Å². The first-order valence-corrected chi connectivity index (χ1v) is 5.83. The average Bonchev–Trinajstić information content (AvgIpc) is 2.20. The molecule has 0 aliphatic heterocycles. The Bertz CT molecular complexity index is 210. The van der Waals surface area contributed by atoms with Crippen molar-refractivity contribution in [1.82, 2.24) is 5.32 Å². The highest BCUT2D eigenvalue weighted by Crippen LogP contribution is 2.43. The predicted molar refractivity (Wildman–Crippen MR) is 56.1 cm³/mol. The SMILES string of the molecule is CNCCCC1CCC(O)(C(F)(F)F)CC1. The highest BCUT2D eigenvalue weighted by Gasteiger charge is 2.54. The number of aliphatic hydroxyl groups is 1. The van der Waals surface area contributed by atoms with E-state index in [-0.39, 0.29) is 12.8 Å². The predicted octanol–water partition coefficient (Wildman–Crippen LogP) is 2.47. The zero-order valence-electron chi connectivity index (χ0n) is 9.61. The van der Waals surface area contributed by atoms with Crippen LogP contribution in [0.2, 0.25) is 0 Å². The molecule has 16 heavy (non-hydrogen) atoms. The molecule has 0 saturated heterocycles. The molecular formula is C11H20F3NO. The van der Waals surface area contributed by atoms with Crippen molar-refractivity contribution in [2.45, 2.75) is 50.3 Å². The number of nitrogens with one attached hydrogen (secondary N) is 1. The van der Waals surface area contributed by atoms with Crippen LogP contribution in [0.1, 0.15) is 38.5 Å². The van der Waals surface area contributed by atoms with Crippen molar-refractivity contribution in [1.29, 1.82) is 0 Å². The van der Waals surface area contributed by atoms with Crippen LogP contribution in [-0.2, 0) is 0 Å². The largest absolute Gasteiger partial charge is 0.417 e. The highest BCUT2D eigenvalue weighted by atomic mass is 19.4. The van der Waals surface area contributed by atoms with Gasteiger partial charge in [-0.3, -0.25) is 0 Å². The van der Waals surface area contributed by atoms with Crippen LogP contribution in [0.15, 0.2) is 0 Å². The van der Waals surface area contributed by atoms with Gasteiger partial charge in [-0.25, -0.2) is 0 Å². The van der Waals surface area contributed by atoms with Gasteiger partial charge in [-0.15, -0.1) is 0 Å². The molecule has 0 aromatic carbocycles. The molecular weight excluding hydrogens is 219 g/mol. The number of rotatable bonds is 4. The minimum absolute atomic E-state index is 0.138. The van der Waals surface area contributed by atoms with Crippen molar-refractivity contribution in [2.75, 3.05) is 13.6 Å². The normalized spacial score (nSPS) is 31.7. The summed E-state index contributed by atoms with van der Waals surface area (Å²) >= 11 is 0. The van der Waals surface area contributed by atoms with Crippen molar-refractivity contribution in [2.24, 2.45) is 5.92 Å². The van der Waals surface area contributed by atoms with E-state index in [1.165, 1.54) is 0 Å². The Labute approximate surface area is 94.2 Å². The van der Waals surface area contributed by atoms with Crippen LogP contribution in [0.25, 0.3) is 0 Å². The van der Waals surface area contributed by atoms with Gasteiger partial charge in [-0.1, -0.05) is 0 Å². The molecule has 0 aromatic rings. The van der Waals surface area contributed by atoms with Crippen molar-refractivity contribution < 1.29 is 18.3 Å². The van der Waals surface area contributed by atoms with E-state index in [9.17, 15) is 18.3 Å². The summed E-state index contributed by atoms with van der Waals surface area (Å²) in [5.41, 5.74) is -2.42. The molecule has 0 heterocycles. The molecule has 0 bridgehead atoms. The lowest BCUT2D eigenvalue weighted by atomic mass is 9.77. The van der Waals surface area contributed by atoms with Crippen LogP contribution in [0.4, 0.5) is 13.2 Å². The molecule has 0 amide bonds. The highest BCUT2D eigenvalue weighted by molar-refractivity contribution is 4.91. The Hall–Kier alpha value is -0.290. The minimum Gasteiger partial charge on any atom is -0.380 e. The first kappa shape index (κ1) is 13.8. The Balaban J connectivity index is 2.33. The minimum atomic E-state index is -4.47. The van der Waals surface area contributed by atoms with Gasteiger partial charge in [0.25, 0.3) is 0 Å². The topological polar surface area (TPSA) is 32.3 Å². The molecule has 1 fully saturated rings. The van der Waals surface area contributed by atoms with Gasteiger partial charge in [-0.2, -0.15) is 13.2 Å². The number of hydrogen-bond donors (Lipinski definition) is 2. The lowest BCUT2D eigenvalue weighted by Crippen LogP contribution is -2.47. The summed E-state index contributed by atoms with van der Waals surface area (Å²) in [7, 11) is 1.86. The van der Waals surface area contributed by atoms with Gasteiger partial charge in [0.1, 0.15) is 0 Å². The molecule has 1 aliphatic rings. The molecule has 1 saturated carbocycles. The van der Waals surface area contributed by atoms with Gasteiger partial charge in [0.15, 0.2) is 5.60 Å². The summed E-state index contributed by atoms with van der Waals surface area (Å²) in [6, 6.07) is 0. The lowest BCUT2D eigenvalue weighted by molar-refractivity contribution is -0.272.